The van der Waals surface area contributed by atoms with E-state index in [-0.39, 0.29) is 17.6 Å². The Morgan fingerprint density at radius 1 is 1.11 bits per heavy atom. The van der Waals surface area contributed by atoms with Crippen molar-refractivity contribution in [2.45, 2.75) is 25.0 Å². The molecule has 1 fully saturated rings. The normalized spacial score (nSPS) is 25.7. The highest BCUT2D eigenvalue weighted by atomic mass is 16.5. The fourth-order valence-electron chi connectivity index (χ4n) is 4.10. The van der Waals surface area contributed by atoms with Crippen molar-refractivity contribution in [2.24, 2.45) is 5.92 Å². The first-order valence-electron chi connectivity index (χ1n) is 8.82. The summed E-state index contributed by atoms with van der Waals surface area (Å²) in [7, 11) is 3.08. The standard InChI is InChI=1S/C21H21NO5/c1-21-11-14(12-8-6-10-16(26-3)19(12)27-21)17(20(24)22-21)18(23)13-7-4-5-9-15(13)25-2/h4-10,14,17H,11H2,1-3H3,(H,22,24)/t14-,17+,21-/m1/s1. The van der Waals surface area contributed by atoms with Gasteiger partial charge in [0.05, 0.1) is 19.8 Å². The number of carbonyl (C=O) groups excluding carboxylic acids is 2. The Bertz CT molecular complexity index is 925. The Morgan fingerprint density at radius 2 is 1.81 bits per heavy atom. The minimum atomic E-state index is -0.874. The fraction of sp³-hybridized carbons (Fsp3) is 0.333. The number of fused-ring (bicyclic) bond motifs is 4. The SMILES string of the molecule is COc1ccccc1C(=O)[C@H]1C(=O)N[C@@]2(C)C[C@@H]1c1cccc(OC)c1O2. The molecule has 0 radical (unpaired) electrons. The van der Waals surface area contributed by atoms with Crippen LogP contribution in [-0.2, 0) is 4.79 Å². The molecule has 2 aromatic carbocycles. The Morgan fingerprint density at radius 3 is 2.56 bits per heavy atom. The Balaban J connectivity index is 1.82. The number of nitrogens with one attached hydrogen (secondary N) is 1. The van der Waals surface area contributed by atoms with Gasteiger partial charge >= 0.3 is 0 Å². The van der Waals surface area contributed by atoms with Crippen LogP contribution in [0.4, 0.5) is 0 Å². The zero-order valence-electron chi connectivity index (χ0n) is 15.4. The quantitative estimate of drug-likeness (QED) is 0.664. The van der Waals surface area contributed by atoms with Crippen LogP contribution >= 0.6 is 0 Å². The number of piperidine rings is 1. The van der Waals surface area contributed by atoms with E-state index in [1.54, 1.807) is 31.4 Å². The number of carbonyl (C=O) groups is 2. The summed E-state index contributed by atoms with van der Waals surface area (Å²) in [4.78, 5) is 26.3. The van der Waals surface area contributed by atoms with Gasteiger partial charge in [-0.05, 0) is 25.1 Å². The smallest absolute Gasteiger partial charge is 0.234 e. The highest BCUT2D eigenvalue weighted by Gasteiger charge is 2.52. The molecule has 0 saturated carbocycles. The minimum Gasteiger partial charge on any atom is -0.496 e. The van der Waals surface area contributed by atoms with Crippen LogP contribution in [0.5, 0.6) is 17.2 Å². The fourth-order valence-corrected chi connectivity index (χ4v) is 4.10. The summed E-state index contributed by atoms with van der Waals surface area (Å²) < 4.78 is 16.8. The van der Waals surface area contributed by atoms with E-state index in [0.29, 0.717) is 29.2 Å². The number of benzene rings is 2. The van der Waals surface area contributed by atoms with Crippen molar-refractivity contribution in [2.75, 3.05) is 14.2 Å². The maximum atomic E-state index is 13.3. The van der Waals surface area contributed by atoms with Gasteiger partial charge in [0.15, 0.2) is 23.0 Å². The van der Waals surface area contributed by atoms with Crippen molar-refractivity contribution in [1.82, 2.24) is 5.32 Å². The lowest BCUT2D eigenvalue weighted by Crippen LogP contribution is -2.61. The molecule has 0 spiro atoms. The van der Waals surface area contributed by atoms with Crippen molar-refractivity contribution in [3.8, 4) is 17.2 Å². The summed E-state index contributed by atoms with van der Waals surface area (Å²) in [6, 6.07) is 12.5. The lowest BCUT2D eigenvalue weighted by molar-refractivity contribution is -0.137. The van der Waals surface area contributed by atoms with Crippen LogP contribution in [0.3, 0.4) is 0 Å². The van der Waals surface area contributed by atoms with Crippen LogP contribution in [0.2, 0.25) is 0 Å². The number of ether oxygens (including phenoxy) is 3. The summed E-state index contributed by atoms with van der Waals surface area (Å²) >= 11 is 0. The third kappa shape index (κ3) is 2.72. The van der Waals surface area contributed by atoms with Crippen molar-refractivity contribution >= 4 is 11.7 Å². The van der Waals surface area contributed by atoms with Gasteiger partial charge in [0, 0.05) is 17.9 Å². The first kappa shape index (κ1) is 17.4. The van der Waals surface area contributed by atoms with Crippen molar-refractivity contribution in [1.29, 1.82) is 0 Å². The summed E-state index contributed by atoms with van der Waals surface area (Å²) in [6.07, 6.45) is 0.504. The Labute approximate surface area is 157 Å². The van der Waals surface area contributed by atoms with Crippen LogP contribution in [-0.4, -0.2) is 31.6 Å². The molecule has 27 heavy (non-hydrogen) atoms. The van der Waals surface area contributed by atoms with Crippen molar-refractivity contribution in [3.63, 3.8) is 0 Å². The Hall–Kier alpha value is -3.02. The van der Waals surface area contributed by atoms with Crippen LogP contribution in [0.1, 0.15) is 35.2 Å². The van der Waals surface area contributed by atoms with E-state index in [1.165, 1.54) is 7.11 Å². The summed E-state index contributed by atoms with van der Waals surface area (Å²) in [5, 5.41) is 2.88. The zero-order valence-corrected chi connectivity index (χ0v) is 15.4. The largest absolute Gasteiger partial charge is 0.496 e. The molecule has 2 bridgehead atoms. The zero-order chi connectivity index (χ0) is 19.2. The molecule has 2 aliphatic rings. The minimum absolute atomic E-state index is 0.257. The number of rotatable bonds is 4. The molecule has 0 aromatic heterocycles. The molecule has 1 N–H and O–H groups in total. The van der Waals surface area contributed by atoms with Crippen LogP contribution in [0, 0.1) is 5.92 Å². The highest BCUT2D eigenvalue weighted by Crippen LogP contribution is 2.50. The van der Waals surface area contributed by atoms with Gasteiger partial charge in [-0.2, -0.15) is 0 Å². The number of hydrogen-bond acceptors (Lipinski definition) is 5. The molecule has 0 aliphatic carbocycles. The average molecular weight is 367 g/mol. The molecule has 3 atom stereocenters. The first-order valence-corrected chi connectivity index (χ1v) is 8.82. The molecule has 2 aromatic rings. The molecule has 2 aliphatic heterocycles. The monoisotopic (exact) mass is 367 g/mol. The maximum absolute atomic E-state index is 13.3. The van der Waals surface area contributed by atoms with Gasteiger partial charge in [-0.15, -0.1) is 0 Å². The van der Waals surface area contributed by atoms with E-state index in [2.05, 4.69) is 5.32 Å². The molecule has 2 heterocycles. The lowest BCUT2D eigenvalue weighted by atomic mass is 9.72. The molecule has 1 amide bonds. The number of hydrogen-bond donors (Lipinski definition) is 1. The number of para-hydroxylation sites is 2. The van der Waals surface area contributed by atoms with Gasteiger partial charge in [-0.25, -0.2) is 0 Å². The number of amides is 1. The summed E-state index contributed by atoms with van der Waals surface area (Å²) in [6.45, 7) is 1.82. The third-order valence-electron chi connectivity index (χ3n) is 5.29. The molecule has 4 rings (SSSR count). The van der Waals surface area contributed by atoms with Gasteiger partial charge in [0.2, 0.25) is 5.91 Å². The molecular formula is C21H21NO5. The number of Topliss-reactive ketones (excluding diaryl/α,β-unsaturated/α-hetero) is 1. The van der Waals surface area contributed by atoms with Gasteiger partial charge < -0.3 is 19.5 Å². The second-order valence-corrected chi connectivity index (χ2v) is 7.05. The third-order valence-corrected chi connectivity index (χ3v) is 5.29. The Kier molecular flexibility index (Phi) is 4.06. The molecule has 6 heteroatoms. The predicted octanol–water partition coefficient (Wildman–Crippen LogP) is 2.92. The summed E-state index contributed by atoms with van der Waals surface area (Å²) in [5.41, 5.74) is 0.343. The molecule has 6 nitrogen and oxygen atoms in total. The van der Waals surface area contributed by atoms with Gasteiger partial charge in [-0.1, -0.05) is 24.3 Å². The van der Waals surface area contributed by atoms with Crippen molar-refractivity contribution < 1.29 is 23.8 Å². The maximum Gasteiger partial charge on any atom is 0.234 e. The van der Waals surface area contributed by atoms with Gasteiger partial charge in [0.1, 0.15) is 11.7 Å². The van der Waals surface area contributed by atoms with Crippen molar-refractivity contribution in [3.05, 3.63) is 53.6 Å². The molecule has 140 valence electrons. The van der Waals surface area contributed by atoms with Gasteiger partial charge in [0.25, 0.3) is 0 Å². The molecule has 0 unspecified atom stereocenters. The number of ketones is 1. The van der Waals surface area contributed by atoms with Gasteiger partial charge in [-0.3, -0.25) is 9.59 Å². The summed E-state index contributed by atoms with van der Waals surface area (Å²) in [5.74, 6) is -0.129. The van der Waals surface area contributed by atoms with E-state index < -0.39 is 11.6 Å². The van der Waals surface area contributed by atoms with E-state index in [9.17, 15) is 9.59 Å². The number of methoxy groups -OCH3 is 2. The molecule has 1 saturated heterocycles. The second kappa shape index (κ2) is 6.30. The topological polar surface area (TPSA) is 73.9 Å². The second-order valence-electron chi connectivity index (χ2n) is 7.05. The van der Waals surface area contributed by atoms with Crippen LogP contribution < -0.4 is 19.5 Å². The highest BCUT2D eigenvalue weighted by molar-refractivity contribution is 6.12. The van der Waals surface area contributed by atoms with E-state index in [1.807, 2.05) is 25.1 Å². The molecular weight excluding hydrogens is 346 g/mol. The van der Waals surface area contributed by atoms with Crippen LogP contribution in [0.15, 0.2) is 42.5 Å². The van der Waals surface area contributed by atoms with Crippen LogP contribution in [0.25, 0.3) is 0 Å². The first-order chi connectivity index (χ1) is 13.0. The van der Waals surface area contributed by atoms with E-state index in [0.717, 1.165) is 5.56 Å². The average Bonchev–Trinajstić information content (AvgIpc) is 2.66. The van der Waals surface area contributed by atoms with E-state index >= 15 is 0 Å². The lowest BCUT2D eigenvalue weighted by Gasteiger charge is -2.47. The van der Waals surface area contributed by atoms with E-state index in [4.69, 9.17) is 14.2 Å². The predicted molar refractivity (Wildman–Crippen MR) is 98.3 cm³/mol.